The molecule has 0 amide bonds. The fraction of sp³-hybridized carbons (Fsp3) is 0.200. The van der Waals surface area contributed by atoms with Gasteiger partial charge in [0, 0.05) is 4.91 Å². The van der Waals surface area contributed by atoms with E-state index in [1.54, 1.807) is 0 Å². The lowest BCUT2D eigenvalue weighted by molar-refractivity contribution is 0.552. The average Bonchev–Trinajstić information content (AvgIpc) is 2.40. The number of hydrogen-bond acceptors (Lipinski definition) is 1. The predicted octanol–water partition coefficient (Wildman–Crippen LogP) is 4.90. The molecule has 0 N–H and O–H groups in total. The zero-order valence-electron chi connectivity index (χ0n) is 10.5. The molecule has 18 heavy (non-hydrogen) atoms. The van der Waals surface area contributed by atoms with Crippen LogP contribution in [0.2, 0.25) is 0 Å². The van der Waals surface area contributed by atoms with Crippen molar-refractivity contribution in [2.75, 3.05) is 0 Å². The van der Waals surface area contributed by atoms with Crippen molar-refractivity contribution in [3.8, 4) is 11.1 Å². The predicted molar refractivity (Wildman–Crippen MR) is 74.1 cm³/mol. The standard InChI is InChI=1S/C15H15N3/c1-15(2,17-18-16)14-11-7-6-10-13(14)12-8-4-3-5-9-12/h3-11H,1-2H3. The quantitative estimate of drug-likeness (QED) is 0.414. The van der Waals surface area contributed by atoms with Gasteiger partial charge in [-0.15, -0.1) is 0 Å². The molecule has 0 unspecified atom stereocenters. The first-order valence-corrected chi connectivity index (χ1v) is 5.86. The van der Waals surface area contributed by atoms with Crippen molar-refractivity contribution in [1.82, 2.24) is 0 Å². The molecule has 2 aromatic rings. The van der Waals surface area contributed by atoms with Gasteiger partial charge in [0.1, 0.15) is 0 Å². The van der Waals surface area contributed by atoms with Gasteiger partial charge in [-0.2, -0.15) is 0 Å². The van der Waals surface area contributed by atoms with Gasteiger partial charge < -0.3 is 0 Å². The highest BCUT2D eigenvalue weighted by molar-refractivity contribution is 5.68. The second-order valence-electron chi connectivity index (χ2n) is 4.66. The van der Waals surface area contributed by atoms with Crippen LogP contribution in [0.25, 0.3) is 21.6 Å². The molecule has 0 saturated heterocycles. The van der Waals surface area contributed by atoms with Gasteiger partial charge in [-0.1, -0.05) is 73.6 Å². The van der Waals surface area contributed by atoms with E-state index in [0.717, 1.165) is 16.7 Å². The molecule has 0 heterocycles. The van der Waals surface area contributed by atoms with Gasteiger partial charge in [-0.05, 0) is 22.2 Å². The Balaban J connectivity index is 2.61. The Morgan fingerprint density at radius 1 is 0.944 bits per heavy atom. The van der Waals surface area contributed by atoms with E-state index >= 15 is 0 Å². The van der Waals surface area contributed by atoms with Crippen molar-refractivity contribution in [3.63, 3.8) is 0 Å². The molecule has 0 saturated carbocycles. The Kier molecular flexibility index (Phi) is 3.35. The SMILES string of the molecule is CC(C)(N=[N+]=[N-])c1ccccc1-c1ccccc1. The Hall–Kier alpha value is -2.25. The molecule has 0 bridgehead atoms. The van der Waals surface area contributed by atoms with E-state index < -0.39 is 5.54 Å². The summed E-state index contributed by atoms with van der Waals surface area (Å²) in [6, 6.07) is 18.2. The summed E-state index contributed by atoms with van der Waals surface area (Å²) < 4.78 is 0. The second-order valence-corrected chi connectivity index (χ2v) is 4.66. The van der Waals surface area contributed by atoms with E-state index in [2.05, 4.69) is 28.2 Å². The van der Waals surface area contributed by atoms with Gasteiger partial charge in [0.2, 0.25) is 0 Å². The Labute approximate surface area is 107 Å². The van der Waals surface area contributed by atoms with Gasteiger partial charge in [-0.3, -0.25) is 0 Å². The summed E-state index contributed by atoms with van der Waals surface area (Å²) in [6.07, 6.45) is 0. The van der Waals surface area contributed by atoms with E-state index in [4.69, 9.17) is 5.53 Å². The molecule has 0 fully saturated rings. The zero-order valence-corrected chi connectivity index (χ0v) is 10.5. The van der Waals surface area contributed by atoms with E-state index in [-0.39, 0.29) is 0 Å². The fourth-order valence-electron chi connectivity index (χ4n) is 2.05. The Bertz CT molecular complexity index is 582. The molecule has 3 heteroatoms. The fourth-order valence-corrected chi connectivity index (χ4v) is 2.05. The molecular weight excluding hydrogens is 222 g/mol. The van der Waals surface area contributed by atoms with Crippen LogP contribution >= 0.6 is 0 Å². The van der Waals surface area contributed by atoms with Gasteiger partial charge in [-0.25, -0.2) is 0 Å². The van der Waals surface area contributed by atoms with Crippen molar-refractivity contribution in [3.05, 3.63) is 70.6 Å². The van der Waals surface area contributed by atoms with Crippen molar-refractivity contribution in [1.29, 1.82) is 0 Å². The number of benzene rings is 2. The average molecular weight is 237 g/mol. The normalized spacial score (nSPS) is 10.8. The van der Waals surface area contributed by atoms with E-state index in [0.29, 0.717) is 0 Å². The molecule has 2 rings (SSSR count). The molecule has 3 nitrogen and oxygen atoms in total. The summed E-state index contributed by atoms with van der Waals surface area (Å²) in [5, 5.41) is 3.89. The number of rotatable bonds is 3. The largest absolute Gasteiger partial charge is 0.0831 e. The molecule has 2 aromatic carbocycles. The molecule has 0 spiro atoms. The van der Waals surface area contributed by atoms with E-state index in [9.17, 15) is 0 Å². The highest BCUT2D eigenvalue weighted by atomic mass is 15.2. The van der Waals surface area contributed by atoms with Crippen molar-refractivity contribution >= 4 is 0 Å². The third kappa shape index (κ3) is 2.36. The number of hydrogen-bond donors (Lipinski definition) is 0. The van der Waals surface area contributed by atoms with Crippen molar-refractivity contribution < 1.29 is 0 Å². The van der Waals surface area contributed by atoms with E-state index in [1.165, 1.54) is 0 Å². The van der Waals surface area contributed by atoms with Gasteiger partial charge >= 0.3 is 0 Å². The zero-order chi connectivity index (χ0) is 13.0. The topological polar surface area (TPSA) is 48.8 Å². The van der Waals surface area contributed by atoms with Crippen LogP contribution in [0, 0.1) is 0 Å². The molecule has 0 aliphatic carbocycles. The summed E-state index contributed by atoms with van der Waals surface area (Å²) >= 11 is 0. The summed E-state index contributed by atoms with van der Waals surface area (Å²) in [5.74, 6) is 0. The number of azide groups is 1. The molecule has 0 aromatic heterocycles. The first kappa shape index (κ1) is 12.2. The van der Waals surface area contributed by atoms with Gasteiger partial charge in [0.15, 0.2) is 0 Å². The smallest absolute Gasteiger partial charge is 0.0687 e. The highest BCUT2D eigenvalue weighted by Crippen LogP contribution is 2.33. The third-order valence-corrected chi connectivity index (χ3v) is 2.97. The summed E-state index contributed by atoms with van der Waals surface area (Å²) in [5.41, 5.74) is 11.4. The van der Waals surface area contributed by atoms with Crippen LogP contribution in [0.3, 0.4) is 0 Å². The maximum absolute atomic E-state index is 8.68. The third-order valence-electron chi connectivity index (χ3n) is 2.97. The van der Waals surface area contributed by atoms with Gasteiger partial charge in [0.05, 0.1) is 5.54 Å². The van der Waals surface area contributed by atoms with Crippen LogP contribution in [0.15, 0.2) is 59.7 Å². The second kappa shape index (κ2) is 4.94. The maximum atomic E-state index is 8.68. The lowest BCUT2D eigenvalue weighted by atomic mass is 9.88. The summed E-state index contributed by atoms with van der Waals surface area (Å²) in [4.78, 5) is 2.94. The van der Waals surface area contributed by atoms with Crippen LogP contribution in [0.5, 0.6) is 0 Å². The maximum Gasteiger partial charge on any atom is 0.0687 e. The minimum atomic E-state index is -0.554. The minimum Gasteiger partial charge on any atom is -0.0831 e. The van der Waals surface area contributed by atoms with E-state index in [1.807, 2.05) is 50.2 Å². The summed E-state index contributed by atoms with van der Waals surface area (Å²) in [6.45, 7) is 3.85. The van der Waals surface area contributed by atoms with Crippen LogP contribution in [0.1, 0.15) is 19.4 Å². The molecule has 0 aliphatic heterocycles. The monoisotopic (exact) mass is 237 g/mol. The first-order chi connectivity index (χ1) is 8.65. The van der Waals surface area contributed by atoms with Gasteiger partial charge in [0.25, 0.3) is 0 Å². The lowest BCUT2D eigenvalue weighted by Gasteiger charge is -2.22. The number of nitrogens with zero attached hydrogens (tertiary/aromatic N) is 3. The van der Waals surface area contributed by atoms with Crippen LogP contribution in [0.4, 0.5) is 0 Å². The first-order valence-electron chi connectivity index (χ1n) is 5.86. The highest BCUT2D eigenvalue weighted by Gasteiger charge is 2.22. The molecule has 0 aliphatic rings. The molecule has 90 valence electrons. The van der Waals surface area contributed by atoms with Crippen LogP contribution in [-0.4, -0.2) is 0 Å². The molecular formula is C15H15N3. The van der Waals surface area contributed by atoms with Crippen LogP contribution < -0.4 is 0 Å². The lowest BCUT2D eigenvalue weighted by Crippen LogP contribution is -2.14. The molecule has 0 atom stereocenters. The minimum absolute atomic E-state index is 0.554. The summed E-state index contributed by atoms with van der Waals surface area (Å²) in [7, 11) is 0. The Morgan fingerprint density at radius 2 is 1.56 bits per heavy atom. The van der Waals surface area contributed by atoms with Crippen molar-refractivity contribution in [2.45, 2.75) is 19.4 Å². The Morgan fingerprint density at radius 3 is 2.22 bits per heavy atom. The molecule has 0 radical (unpaired) electrons. The van der Waals surface area contributed by atoms with Crippen LogP contribution in [-0.2, 0) is 5.54 Å². The van der Waals surface area contributed by atoms with Crippen molar-refractivity contribution in [2.24, 2.45) is 5.11 Å².